The number of nitrogens with zero attached hydrogens (tertiary/aromatic N) is 1. The molecule has 2 aromatic rings. The molecule has 8 nitrogen and oxygen atoms in total. The fourth-order valence-corrected chi connectivity index (χ4v) is 7.29. The van der Waals surface area contributed by atoms with E-state index in [1.807, 2.05) is 0 Å². The highest BCUT2D eigenvalue weighted by Crippen LogP contribution is 2.79. The van der Waals surface area contributed by atoms with Crippen LogP contribution in [0.3, 0.4) is 0 Å². The number of pyridine rings is 1. The van der Waals surface area contributed by atoms with Gasteiger partial charge in [0.25, 0.3) is 0 Å². The highest BCUT2D eigenvalue weighted by Gasteiger charge is 2.65. The van der Waals surface area contributed by atoms with Gasteiger partial charge in [-0.2, -0.15) is 0 Å². The van der Waals surface area contributed by atoms with Crippen LogP contribution in [0.4, 0.5) is 4.39 Å². The Morgan fingerprint density at radius 1 is 1.36 bits per heavy atom. The average molecular weight is 431 g/mol. The molecule has 1 fully saturated rings. The molecule has 0 bridgehead atoms. The lowest BCUT2D eigenvalue weighted by atomic mass is 10.1. The van der Waals surface area contributed by atoms with Gasteiger partial charge in [-0.25, -0.2) is 4.39 Å². The molecule has 1 aliphatic heterocycles. The van der Waals surface area contributed by atoms with Crippen LogP contribution in [0.15, 0.2) is 36.7 Å². The van der Waals surface area contributed by atoms with E-state index < -0.39 is 38.6 Å². The lowest BCUT2D eigenvalue weighted by molar-refractivity contribution is -0.0462. The van der Waals surface area contributed by atoms with Crippen LogP contribution in [0.5, 0.6) is 5.75 Å². The third-order valence-electron chi connectivity index (χ3n) is 4.58. The number of benzene rings is 1. The summed E-state index contributed by atoms with van der Waals surface area (Å²) in [6.45, 7) is 2.55. The van der Waals surface area contributed by atoms with Crippen molar-refractivity contribution in [3.8, 4) is 5.75 Å². The van der Waals surface area contributed by atoms with Crippen molar-refractivity contribution in [2.45, 2.75) is 24.7 Å². The Kier molecular flexibility index (Phi) is 5.53. The number of aliphatic hydroxyl groups is 1. The summed E-state index contributed by atoms with van der Waals surface area (Å²) in [5.74, 6) is -0.589. The van der Waals surface area contributed by atoms with Crippen LogP contribution >= 0.6 is 15.0 Å². The first-order valence-electron chi connectivity index (χ1n) is 8.23. The first-order valence-corrected chi connectivity index (χ1v) is 11.9. The van der Waals surface area contributed by atoms with E-state index in [0.717, 1.165) is 12.7 Å². The zero-order valence-electron chi connectivity index (χ0n) is 15.4. The molecule has 11 heteroatoms. The Labute approximate surface area is 161 Å². The van der Waals surface area contributed by atoms with Gasteiger partial charge in [0.1, 0.15) is 11.6 Å². The first-order chi connectivity index (χ1) is 13.0. The van der Waals surface area contributed by atoms with Gasteiger partial charge < -0.3 is 14.7 Å². The summed E-state index contributed by atoms with van der Waals surface area (Å²) in [5, 5.41) is 8.20. The molecule has 3 rings (SSSR count). The van der Waals surface area contributed by atoms with Crippen molar-refractivity contribution in [1.82, 2.24) is 4.98 Å². The van der Waals surface area contributed by atoms with Crippen molar-refractivity contribution < 1.29 is 37.3 Å². The van der Waals surface area contributed by atoms with E-state index in [0.29, 0.717) is 11.1 Å². The maximum Gasteiger partial charge on any atom is 0.372 e. The molecule has 4 atom stereocenters. The fourth-order valence-electron chi connectivity index (χ4n) is 3.00. The Balaban J connectivity index is 2.02. The molecule has 0 saturated carbocycles. The second-order valence-electron chi connectivity index (χ2n) is 6.56. The second kappa shape index (κ2) is 7.34. The van der Waals surface area contributed by atoms with Gasteiger partial charge in [0.2, 0.25) is 18.7 Å². The van der Waals surface area contributed by atoms with Gasteiger partial charge in [-0.15, -0.1) is 0 Å². The fraction of sp³-hybridized carbons (Fsp3) is 0.353. The van der Waals surface area contributed by atoms with E-state index in [1.165, 1.54) is 32.5 Å². The highest BCUT2D eigenvalue weighted by molar-refractivity contribution is 7.75. The predicted octanol–water partition coefficient (Wildman–Crippen LogP) is 3.57. The lowest BCUT2D eigenvalue weighted by Crippen LogP contribution is -2.38. The van der Waals surface area contributed by atoms with Crippen molar-refractivity contribution in [3.63, 3.8) is 0 Å². The maximum absolute atomic E-state index is 14.6. The van der Waals surface area contributed by atoms with Gasteiger partial charge in [0.15, 0.2) is 0 Å². The molecule has 0 radical (unpaired) electrons. The Bertz CT molecular complexity index is 936. The Morgan fingerprint density at radius 3 is 2.61 bits per heavy atom. The number of aryl methyl sites for hydroxylation is 1. The largest absolute Gasteiger partial charge is 0.497 e. The van der Waals surface area contributed by atoms with E-state index in [-0.39, 0.29) is 11.3 Å². The van der Waals surface area contributed by atoms with Gasteiger partial charge in [0.05, 0.1) is 7.11 Å². The number of hydrogen-bond donors (Lipinski definition) is 2. The van der Waals surface area contributed by atoms with Crippen LogP contribution in [0.2, 0.25) is 0 Å². The zero-order chi connectivity index (χ0) is 20.7. The molecule has 0 amide bonds. The van der Waals surface area contributed by atoms with E-state index in [9.17, 15) is 23.5 Å². The third-order valence-corrected chi connectivity index (χ3v) is 10.0. The van der Waals surface area contributed by atoms with E-state index in [2.05, 4.69) is 4.98 Å². The minimum absolute atomic E-state index is 0.194. The van der Waals surface area contributed by atoms with Crippen LogP contribution in [0.25, 0.3) is 0 Å². The first kappa shape index (κ1) is 21.1. The number of aromatic nitrogens is 1. The topological polar surface area (TPSA) is 115 Å². The number of ether oxygens (including phenoxy) is 1. The Hall–Kier alpha value is -1.60. The van der Waals surface area contributed by atoms with Gasteiger partial charge in [-0.3, -0.25) is 23.2 Å². The quantitative estimate of drug-likeness (QED) is 0.707. The number of rotatable bonds is 4. The molecule has 0 spiro atoms. The SMILES string of the molecule is COc1cc(C)c(C2OP(C)(=O)C(O)(Cc3cccnc3)P(=O)(O)O2)c(F)c1. The highest BCUT2D eigenvalue weighted by atomic mass is 31.2. The van der Waals surface area contributed by atoms with Crippen molar-refractivity contribution in [2.24, 2.45) is 0 Å². The van der Waals surface area contributed by atoms with Crippen molar-refractivity contribution >= 4 is 15.0 Å². The Morgan fingerprint density at radius 2 is 2.07 bits per heavy atom. The van der Waals surface area contributed by atoms with Gasteiger partial charge in [0, 0.05) is 37.1 Å². The summed E-state index contributed by atoms with van der Waals surface area (Å²) in [6.07, 6.45) is 0.625. The monoisotopic (exact) mass is 431 g/mol. The van der Waals surface area contributed by atoms with Crippen LogP contribution in [-0.2, 0) is 24.6 Å². The molecular formula is C17H20FNO7P2. The number of halogens is 1. The molecule has 1 aliphatic rings. The molecule has 1 saturated heterocycles. The van der Waals surface area contributed by atoms with Crippen LogP contribution in [0.1, 0.15) is 23.0 Å². The molecule has 2 N–H and O–H groups in total. The maximum atomic E-state index is 14.6. The van der Waals surface area contributed by atoms with Crippen molar-refractivity contribution in [1.29, 1.82) is 0 Å². The second-order valence-corrected chi connectivity index (χ2v) is 11.5. The molecule has 0 aliphatic carbocycles. The summed E-state index contributed by atoms with van der Waals surface area (Å²) in [4.78, 5) is 14.3. The summed E-state index contributed by atoms with van der Waals surface area (Å²) in [5.41, 5.74) is 0.471. The van der Waals surface area contributed by atoms with Crippen LogP contribution in [0, 0.1) is 12.7 Å². The minimum Gasteiger partial charge on any atom is -0.497 e. The summed E-state index contributed by atoms with van der Waals surface area (Å²) >= 11 is 0. The third kappa shape index (κ3) is 3.54. The number of methoxy groups -OCH3 is 1. The predicted molar refractivity (Wildman–Crippen MR) is 98.8 cm³/mol. The lowest BCUT2D eigenvalue weighted by Gasteiger charge is -2.43. The van der Waals surface area contributed by atoms with Gasteiger partial charge in [-0.1, -0.05) is 6.07 Å². The molecule has 1 aromatic heterocycles. The smallest absolute Gasteiger partial charge is 0.372 e. The van der Waals surface area contributed by atoms with Crippen molar-refractivity contribution in [2.75, 3.05) is 13.8 Å². The molecule has 4 unspecified atom stereocenters. The zero-order valence-corrected chi connectivity index (χ0v) is 17.2. The average Bonchev–Trinajstić information content (AvgIpc) is 2.59. The van der Waals surface area contributed by atoms with E-state index in [4.69, 9.17) is 13.8 Å². The standard InChI is InChI=1S/C17H20FNO7P2/c1-11-7-13(24-2)8-14(18)15(11)16-25-27(3,21)17(20,28(22,23)26-16)9-12-5-4-6-19-10-12/h4-8,10,16,20H,9H2,1-3H3,(H,22,23). The van der Waals surface area contributed by atoms with Crippen LogP contribution in [-0.4, -0.2) is 33.8 Å². The van der Waals surface area contributed by atoms with Crippen molar-refractivity contribution in [3.05, 3.63) is 59.2 Å². The summed E-state index contributed by atoms with van der Waals surface area (Å²) in [6, 6.07) is 5.63. The summed E-state index contributed by atoms with van der Waals surface area (Å²) in [7, 11) is -7.75. The number of hydrogen-bond acceptors (Lipinski definition) is 7. The molecule has 28 heavy (non-hydrogen) atoms. The molecular weight excluding hydrogens is 411 g/mol. The molecule has 2 heterocycles. The van der Waals surface area contributed by atoms with E-state index in [1.54, 1.807) is 12.1 Å². The summed E-state index contributed by atoms with van der Waals surface area (Å²) < 4.78 is 56.1. The normalized spacial score (nSPS) is 32.9. The minimum atomic E-state index is -4.93. The van der Waals surface area contributed by atoms with Gasteiger partial charge in [-0.05, 0) is 30.2 Å². The van der Waals surface area contributed by atoms with E-state index >= 15 is 0 Å². The van der Waals surface area contributed by atoms with Gasteiger partial charge >= 0.3 is 7.60 Å². The molecule has 1 aromatic carbocycles. The molecule has 152 valence electrons. The van der Waals surface area contributed by atoms with Crippen LogP contribution < -0.4 is 4.74 Å².